The molecule has 0 saturated carbocycles. The quantitative estimate of drug-likeness (QED) is 0.727. The molecule has 0 amide bonds. The molecule has 0 bridgehead atoms. The van der Waals surface area contributed by atoms with Crippen molar-refractivity contribution in [3.05, 3.63) is 22.2 Å². The highest BCUT2D eigenvalue weighted by molar-refractivity contribution is 9.10. The van der Waals surface area contributed by atoms with Crippen molar-refractivity contribution in [2.24, 2.45) is 0 Å². The number of halogens is 1. The summed E-state index contributed by atoms with van der Waals surface area (Å²) in [5.41, 5.74) is 1.19. The van der Waals surface area contributed by atoms with Crippen molar-refractivity contribution < 1.29 is 9.47 Å². The van der Waals surface area contributed by atoms with Crippen LogP contribution in [0.4, 0.5) is 0 Å². The van der Waals surface area contributed by atoms with Crippen LogP contribution < -0.4 is 14.8 Å². The fraction of sp³-hybridized carbons (Fsp3) is 0.600. The molecule has 19 heavy (non-hydrogen) atoms. The van der Waals surface area contributed by atoms with Crippen molar-refractivity contribution in [3.8, 4) is 11.5 Å². The maximum absolute atomic E-state index is 5.78. The fourth-order valence-electron chi connectivity index (χ4n) is 1.73. The van der Waals surface area contributed by atoms with Crippen LogP contribution in [0.3, 0.4) is 0 Å². The Morgan fingerprint density at radius 2 is 1.95 bits per heavy atom. The monoisotopic (exact) mass is 329 g/mol. The van der Waals surface area contributed by atoms with Gasteiger partial charge in [0.15, 0.2) is 11.5 Å². The van der Waals surface area contributed by atoms with E-state index in [1.54, 1.807) is 0 Å². The predicted molar refractivity (Wildman–Crippen MR) is 83.1 cm³/mol. The van der Waals surface area contributed by atoms with Crippen LogP contribution in [-0.4, -0.2) is 19.3 Å². The Morgan fingerprint density at radius 3 is 2.53 bits per heavy atom. The summed E-state index contributed by atoms with van der Waals surface area (Å²) < 4.78 is 12.5. The van der Waals surface area contributed by atoms with E-state index in [1.807, 2.05) is 32.9 Å². The van der Waals surface area contributed by atoms with E-state index in [9.17, 15) is 0 Å². The van der Waals surface area contributed by atoms with Gasteiger partial charge in [0.1, 0.15) is 0 Å². The van der Waals surface area contributed by atoms with Crippen LogP contribution in [0.2, 0.25) is 0 Å². The van der Waals surface area contributed by atoms with Gasteiger partial charge >= 0.3 is 0 Å². The first-order valence-electron chi connectivity index (χ1n) is 6.91. The molecule has 0 saturated heterocycles. The Kier molecular flexibility index (Phi) is 7.24. The Bertz CT molecular complexity index is 394. The van der Waals surface area contributed by atoms with Gasteiger partial charge in [-0.3, -0.25) is 0 Å². The number of benzene rings is 1. The summed E-state index contributed by atoms with van der Waals surface area (Å²) >= 11 is 3.60. The Balaban J connectivity index is 2.91. The van der Waals surface area contributed by atoms with Crippen LogP contribution in [0.15, 0.2) is 16.6 Å². The standard InChI is InChI=1S/C15H24BrNO2/c1-5-7-17-10-12-8-14(18-6-2)15(9-13(12)16)19-11(3)4/h8-9,11,17H,5-7,10H2,1-4H3. The van der Waals surface area contributed by atoms with E-state index in [4.69, 9.17) is 9.47 Å². The number of rotatable bonds is 8. The second kappa shape index (κ2) is 8.43. The number of ether oxygens (including phenoxy) is 2. The van der Waals surface area contributed by atoms with Gasteiger partial charge in [0, 0.05) is 11.0 Å². The Labute approximate surface area is 124 Å². The highest BCUT2D eigenvalue weighted by Crippen LogP contribution is 2.34. The van der Waals surface area contributed by atoms with Gasteiger partial charge in [0.05, 0.1) is 12.7 Å². The van der Waals surface area contributed by atoms with Crippen LogP contribution in [-0.2, 0) is 6.54 Å². The van der Waals surface area contributed by atoms with Crippen LogP contribution in [0.25, 0.3) is 0 Å². The number of nitrogens with one attached hydrogen (secondary N) is 1. The number of hydrogen-bond acceptors (Lipinski definition) is 3. The fourth-order valence-corrected chi connectivity index (χ4v) is 2.19. The molecule has 3 nitrogen and oxygen atoms in total. The van der Waals surface area contributed by atoms with Crippen molar-refractivity contribution in [1.29, 1.82) is 0 Å². The van der Waals surface area contributed by atoms with Gasteiger partial charge < -0.3 is 14.8 Å². The lowest BCUT2D eigenvalue weighted by Crippen LogP contribution is -2.14. The second-order valence-corrected chi connectivity index (χ2v) is 5.52. The summed E-state index contributed by atoms with van der Waals surface area (Å²) in [7, 11) is 0. The zero-order chi connectivity index (χ0) is 14.3. The van der Waals surface area contributed by atoms with Crippen LogP contribution in [0, 0.1) is 0 Å². The summed E-state index contributed by atoms with van der Waals surface area (Å²) in [6.45, 7) is 10.7. The van der Waals surface area contributed by atoms with E-state index in [0.717, 1.165) is 35.5 Å². The highest BCUT2D eigenvalue weighted by atomic mass is 79.9. The van der Waals surface area contributed by atoms with Crippen molar-refractivity contribution in [2.75, 3.05) is 13.2 Å². The first kappa shape index (κ1) is 16.3. The minimum Gasteiger partial charge on any atom is -0.490 e. The zero-order valence-electron chi connectivity index (χ0n) is 12.3. The molecule has 0 aliphatic heterocycles. The van der Waals surface area contributed by atoms with E-state index in [0.29, 0.717) is 6.61 Å². The molecule has 1 N–H and O–H groups in total. The van der Waals surface area contributed by atoms with Crippen LogP contribution in [0.1, 0.15) is 39.7 Å². The van der Waals surface area contributed by atoms with Crippen molar-refractivity contribution in [3.63, 3.8) is 0 Å². The second-order valence-electron chi connectivity index (χ2n) is 4.67. The van der Waals surface area contributed by atoms with Gasteiger partial charge in [0.25, 0.3) is 0 Å². The third kappa shape index (κ3) is 5.41. The van der Waals surface area contributed by atoms with Crippen LogP contribution in [0.5, 0.6) is 11.5 Å². The van der Waals surface area contributed by atoms with E-state index in [1.165, 1.54) is 5.56 Å². The Hall–Kier alpha value is -0.740. The SMILES string of the molecule is CCCNCc1cc(OCC)c(OC(C)C)cc1Br. The summed E-state index contributed by atoms with van der Waals surface area (Å²) in [5.74, 6) is 1.61. The van der Waals surface area contributed by atoms with Gasteiger partial charge in [-0.15, -0.1) is 0 Å². The molecule has 108 valence electrons. The lowest BCUT2D eigenvalue weighted by Gasteiger charge is -2.17. The largest absolute Gasteiger partial charge is 0.490 e. The molecule has 0 aliphatic rings. The molecule has 0 heterocycles. The van der Waals surface area contributed by atoms with Crippen LogP contribution >= 0.6 is 15.9 Å². The third-order valence-electron chi connectivity index (χ3n) is 2.52. The molecule has 0 radical (unpaired) electrons. The molecule has 0 fully saturated rings. The molecule has 1 aromatic carbocycles. The van der Waals surface area contributed by atoms with Gasteiger partial charge in [0.2, 0.25) is 0 Å². The minimum absolute atomic E-state index is 0.134. The maximum Gasteiger partial charge on any atom is 0.162 e. The third-order valence-corrected chi connectivity index (χ3v) is 3.26. The van der Waals surface area contributed by atoms with Crippen molar-refractivity contribution >= 4 is 15.9 Å². The van der Waals surface area contributed by atoms with Gasteiger partial charge in [-0.25, -0.2) is 0 Å². The van der Waals surface area contributed by atoms with Gasteiger partial charge in [-0.05, 0) is 51.4 Å². The van der Waals surface area contributed by atoms with E-state index >= 15 is 0 Å². The molecule has 0 aliphatic carbocycles. The molecular formula is C15H24BrNO2. The normalized spacial score (nSPS) is 10.8. The van der Waals surface area contributed by atoms with Gasteiger partial charge in [-0.2, -0.15) is 0 Å². The molecule has 0 spiro atoms. The minimum atomic E-state index is 0.134. The summed E-state index contributed by atoms with van der Waals surface area (Å²) in [6, 6.07) is 4.04. The summed E-state index contributed by atoms with van der Waals surface area (Å²) in [6.07, 6.45) is 1.26. The molecule has 0 aromatic heterocycles. The highest BCUT2D eigenvalue weighted by Gasteiger charge is 2.11. The van der Waals surface area contributed by atoms with Crippen molar-refractivity contribution in [2.45, 2.75) is 46.8 Å². The lowest BCUT2D eigenvalue weighted by molar-refractivity contribution is 0.223. The zero-order valence-corrected chi connectivity index (χ0v) is 13.8. The van der Waals surface area contributed by atoms with Crippen molar-refractivity contribution in [1.82, 2.24) is 5.32 Å². The van der Waals surface area contributed by atoms with E-state index in [-0.39, 0.29) is 6.10 Å². The maximum atomic E-state index is 5.78. The first-order chi connectivity index (χ1) is 9.08. The molecule has 1 rings (SSSR count). The molecule has 0 atom stereocenters. The topological polar surface area (TPSA) is 30.5 Å². The average Bonchev–Trinajstić information content (AvgIpc) is 2.34. The average molecular weight is 330 g/mol. The van der Waals surface area contributed by atoms with Gasteiger partial charge in [-0.1, -0.05) is 22.9 Å². The van der Waals surface area contributed by atoms with E-state index < -0.39 is 0 Å². The first-order valence-corrected chi connectivity index (χ1v) is 7.70. The summed E-state index contributed by atoms with van der Waals surface area (Å²) in [5, 5.41) is 3.40. The molecule has 4 heteroatoms. The Morgan fingerprint density at radius 1 is 1.21 bits per heavy atom. The predicted octanol–water partition coefficient (Wildman–Crippen LogP) is 4.13. The summed E-state index contributed by atoms with van der Waals surface area (Å²) in [4.78, 5) is 0. The smallest absolute Gasteiger partial charge is 0.162 e. The lowest BCUT2D eigenvalue weighted by atomic mass is 10.2. The molecular weight excluding hydrogens is 306 g/mol. The molecule has 1 aromatic rings. The number of hydrogen-bond donors (Lipinski definition) is 1. The molecule has 0 unspecified atom stereocenters. The van der Waals surface area contributed by atoms with E-state index in [2.05, 4.69) is 28.2 Å².